The van der Waals surface area contributed by atoms with Crippen molar-refractivity contribution in [3.63, 3.8) is 0 Å². The zero-order valence-electron chi connectivity index (χ0n) is 21.3. The molecule has 3 aromatic rings. The van der Waals surface area contributed by atoms with Crippen molar-refractivity contribution in [2.24, 2.45) is 5.92 Å². The lowest BCUT2D eigenvalue weighted by atomic mass is 9.90. The van der Waals surface area contributed by atoms with E-state index in [1.807, 2.05) is 39.9 Å². The molecule has 196 valence electrons. The number of nitrogens with zero attached hydrogens (tertiary/aromatic N) is 3. The average Bonchev–Trinajstić information content (AvgIpc) is 3.59. The topological polar surface area (TPSA) is 88.0 Å². The third kappa shape index (κ3) is 5.10. The molecule has 2 fully saturated rings. The molecule has 2 aliphatic rings. The van der Waals surface area contributed by atoms with E-state index in [4.69, 9.17) is 9.72 Å². The number of ether oxygens (including phenoxy) is 1. The molecule has 2 aliphatic heterocycles. The monoisotopic (exact) mass is 507 g/mol. The molecule has 5 rings (SSSR count). The fourth-order valence-corrected chi connectivity index (χ4v) is 5.44. The summed E-state index contributed by atoms with van der Waals surface area (Å²) in [4.78, 5) is 33.6. The number of rotatable bonds is 7. The lowest BCUT2D eigenvalue weighted by molar-refractivity contribution is -0.140. The largest absolute Gasteiger partial charge is 0.381 e. The Labute approximate surface area is 216 Å². The third-order valence-electron chi connectivity index (χ3n) is 7.67. The van der Waals surface area contributed by atoms with Gasteiger partial charge in [-0.05, 0) is 63.8 Å². The number of carbonyl (C=O) groups excluding carboxylic acids is 2. The number of nitrogens with one attached hydrogen (secondary N) is 2. The quantitative estimate of drug-likeness (QED) is 0.512. The van der Waals surface area contributed by atoms with E-state index < -0.39 is 12.1 Å². The van der Waals surface area contributed by atoms with Crippen molar-refractivity contribution in [3.05, 3.63) is 60.3 Å². The standard InChI is InChI=1S/C28H34FN5O3/c1-18(30-2)27(35)32-25(19-11-15-37-16-12-19)28(36)34-14-6-10-24(34)23-17-33-13-5-8-21(26(33)31-23)20-7-3-4-9-22(20)29/h3-5,7-9,13,17-19,24-25,30H,6,10-12,14-16H2,1-2H3,(H,32,35)/t18-,24-,25-/m0/s1. The molecule has 0 bridgehead atoms. The molecular formula is C28H34FN5O3. The molecule has 3 atom stereocenters. The average molecular weight is 508 g/mol. The predicted molar refractivity (Wildman–Crippen MR) is 138 cm³/mol. The van der Waals surface area contributed by atoms with Crippen molar-refractivity contribution in [3.8, 4) is 11.1 Å². The lowest BCUT2D eigenvalue weighted by Crippen LogP contribution is -2.56. The van der Waals surface area contributed by atoms with Gasteiger partial charge in [-0.25, -0.2) is 9.37 Å². The molecule has 8 nitrogen and oxygen atoms in total. The molecule has 1 aromatic carbocycles. The zero-order valence-corrected chi connectivity index (χ0v) is 21.3. The number of fused-ring (bicyclic) bond motifs is 1. The van der Waals surface area contributed by atoms with Crippen molar-refractivity contribution >= 4 is 17.5 Å². The van der Waals surface area contributed by atoms with E-state index in [0.717, 1.165) is 31.4 Å². The van der Waals surface area contributed by atoms with Gasteiger partial charge in [-0.15, -0.1) is 0 Å². The number of halogens is 1. The molecule has 4 heterocycles. The highest BCUT2D eigenvalue weighted by Gasteiger charge is 2.40. The molecule has 2 aromatic heterocycles. The summed E-state index contributed by atoms with van der Waals surface area (Å²) >= 11 is 0. The first kappa shape index (κ1) is 25.4. The second-order valence-corrected chi connectivity index (χ2v) is 9.93. The van der Waals surface area contributed by atoms with Crippen LogP contribution < -0.4 is 10.6 Å². The van der Waals surface area contributed by atoms with Gasteiger partial charge in [-0.1, -0.05) is 18.2 Å². The summed E-state index contributed by atoms with van der Waals surface area (Å²) in [6, 6.07) is 9.18. The van der Waals surface area contributed by atoms with E-state index in [-0.39, 0.29) is 29.6 Å². The first-order valence-electron chi connectivity index (χ1n) is 13.1. The van der Waals surface area contributed by atoms with Gasteiger partial charge >= 0.3 is 0 Å². The maximum atomic E-state index is 14.6. The molecule has 9 heteroatoms. The van der Waals surface area contributed by atoms with Gasteiger partial charge in [0.1, 0.15) is 17.5 Å². The maximum Gasteiger partial charge on any atom is 0.246 e. The highest BCUT2D eigenvalue weighted by atomic mass is 19.1. The zero-order chi connectivity index (χ0) is 25.9. The first-order chi connectivity index (χ1) is 18.0. The number of aromatic nitrogens is 2. The lowest BCUT2D eigenvalue weighted by Gasteiger charge is -2.35. The fourth-order valence-electron chi connectivity index (χ4n) is 5.44. The van der Waals surface area contributed by atoms with Crippen LogP contribution >= 0.6 is 0 Å². The predicted octanol–water partition coefficient (Wildman–Crippen LogP) is 3.32. The molecule has 0 radical (unpaired) electrons. The highest BCUT2D eigenvalue weighted by Crippen LogP contribution is 2.35. The minimum absolute atomic E-state index is 0.0178. The second-order valence-electron chi connectivity index (χ2n) is 9.93. The Kier molecular flexibility index (Phi) is 7.53. The van der Waals surface area contributed by atoms with E-state index in [2.05, 4.69) is 10.6 Å². The fraction of sp³-hybridized carbons (Fsp3) is 0.464. The van der Waals surface area contributed by atoms with E-state index in [0.29, 0.717) is 36.5 Å². The Hall–Kier alpha value is -3.30. The molecule has 2 amide bonds. The van der Waals surface area contributed by atoms with E-state index >= 15 is 0 Å². The molecule has 0 spiro atoms. The van der Waals surface area contributed by atoms with Crippen LogP contribution in [0.3, 0.4) is 0 Å². The molecule has 2 N–H and O–H groups in total. The van der Waals surface area contributed by atoms with Gasteiger partial charge in [0.2, 0.25) is 11.8 Å². The van der Waals surface area contributed by atoms with E-state index in [1.165, 1.54) is 6.07 Å². The molecular weight excluding hydrogens is 473 g/mol. The van der Waals surface area contributed by atoms with E-state index in [9.17, 15) is 14.0 Å². The number of carbonyl (C=O) groups is 2. The summed E-state index contributed by atoms with van der Waals surface area (Å²) in [6.45, 7) is 3.55. The van der Waals surface area contributed by atoms with Crippen molar-refractivity contribution in [2.45, 2.75) is 50.7 Å². The Morgan fingerprint density at radius 1 is 1.11 bits per heavy atom. The van der Waals surface area contributed by atoms with Gasteiger partial charge in [0.25, 0.3) is 0 Å². The summed E-state index contributed by atoms with van der Waals surface area (Å²) in [6.07, 6.45) is 6.91. The van der Waals surface area contributed by atoms with Crippen molar-refractivity contribution in [1.82, 2.24) is 24.9 Å². The number of likely N-dealkylation sites (tertiary alicyclic amines) is 1. The van der Waals surface area contributed by atoms with Crippen molar-refractivity contribution in [1.29, 1.82) is 0 Å². The van der Waals surface area contributed by atoms with Crippen LogP contribution in [0.2, 0.25) is 0 Å². The van der Waals surface area contributed by atoms with Crippen LogP contribution in [0.25, 0.3) is 16.8 Å². The third-order valence-corrected chi connectivity index (χ3v) is 7.67. The van der Waals surface area contributed by atoms with Crippen LogP contribution in [0.1, 0.15) is 44.3 Å². The van der Waals surface area contributed by atoms with Crippen LogP contribution in [-0.2, 0) is 14.3 Å². The summed E-state index contributed by atoms with van der Waals surface area (Å²) < 4.78 is 22.0. The second kappa shape index (κ2) is 11.0. The van der Waals surface area contributed by atoms with Crippen molar-refractivity contribution < 1.29 is 18.7 Å². The Morgan fingerprint density at radius 3 is 2.62 bits per heavy atom. The van der Waals surface area contributed by atoms with E-state index in [1.54, 1.807) is 26.1 Å². The number of hydrogen-bond donors (Lipinski definition) is 2. The smallest absolute Gasteiger partial charge is 0.246 e. The molecule has 37 heavy (non-hydrogen) atoms. The number of amides is 2. The van der Waals surface area contributed by atoms with Crippen LogP contribution in [0.5, 0.6) is 0 Å². The van der Waals surface area contributed by atoms with Gasteiger partial charge in [0.15, 0.2) is 0 Å². The summed E-state index contributed by atoms with van der Waals surface area (Å²) in [5.74, 6) is -0.546. The number of pyridine rings is 1. The Bertz CT molecular complexity index is 1270. The van der Waals surface area contributed by atoms with Crippen molar-refractivity contribution in [2.75, 3.05) is 26.8 Å². The van der Waals surface area contributed by atoms with Gasteiger partial charge in [-0.3, -0.25) is 9.59 Å². The number of hydrogen-bond acceptors (Lipinski definition) is 5. The molecule has 0 saturated carbocycles. The van der Waals surface area contributed by atoms with Crippen LogP contribution in [-0.4, -0.2) is 65.0 Å². The van der Waals surface area contributed by atoms with Gasteiger partial charge < -0.3 is 24.7 Å². The molecule has 0 unspecified atom stereocenters. The summed E-state index contributed by atoms with van der Waals surface area (Å²) in [5, 5.41) is 5.99. The van der Waals surface area contributed by atoms with Gasteiger partial charge in [0, 0.05) is 43.3 Å². The minimum atomic E-state index is -0.612. The normalized spacial score (nSPS) is 20.2. The summed E-state index contributed by atoms with van der Waals surface area (Å²) in [5.41, 5.74) is 2.62. The van der Waals surface area contributed by atoms with Crippen LogP contribution in [0.4, 0.5) is 4.39 Å². The number of likely N-dealkylation sites (N-methyl/N-ethyl adjacent to an activating group) is 1. The summed E-state index contributed by atoms with van der Waals surface area (Å²) in [7, 11) is 1.73. The number of benzene rings is 1. The molecule has 0 aliphatic carbocycles. The molecule has 2 saturated heterocycles. The Balaban J connectivity index is 1.45. The van der Waals surface area contributed by atoms with Gasteiger partial charge in [0.05, 0.1) is 17.8 Å². The maximum absolute atomic E-state index is 14.6. The van der Waals surface area contributed by atoms with Crippen LogP contribution in [0, 0.1) is 11.7 Å². The Morgan fingerprint density at radius 2 is 1.86 bits per heavy atom. The number of imidazole rings is 1. The minimum Gasteiger partial charge on any atom is -0.381 e. The highest BCUT2D eigenvalue weighted by molar-refractivity contribution is 5.90. The van der Waals surface area contributed by atoms with Gasteiger partial charge in [-0.2, -0.15) is 0 Å². The first-order valence-corrected chi connectivity index (χ1v) is 13.1. The van der Waals surface area contributed by atoms with Crippen LogP contribution in [0.15, 0.2) is 48.8 Å². The SMILES string of the molecule is CN[C@@H](C)C(=O)N[C@H](C(=O)N1CCC[C@H]1c1cn2cccc(-c3ccccc3F)c2n1)C1CCOCC1.